The van der Waals surface area contributed by atoms with Crippen molar-refractivity contribution in [3.63, 3.8) is 0 Å². The number of hydrogen-bond donors (Lipinski definition) is 0. The van der Waals surface area contributed by atoms with Gasteiger partial charge >= 0.3 is 0 Å². The van der Waals surface area contributed by atoms with Gasteiger partial charge in [0.2, 0.25) is 0 Å². The number of carbonyl (C=O) groups is 1. The molecule has 3 heterocycles. The van der Waals surface area contributed by atoms with Crippen molar-refractivity contribution in [1.82, 2.24) is 14.7 Å². The lowest BCUT2D eigenvalue weighted by Crippen LogP contribution is -2.30. The molecule has 1 aromatic heterocycles. The summed E-state index contributed by atoms with van der Waals surface area (Å²) in [5.41, 5.74) is 6.07. The van der Waals surface area contributed by atoms with E-state index in [2.05, 4.69) is 6.92 Å². The summed E-state index contributed by atoms with van der Waals surface area (Å²) in [5, 5.41) is 4.99. The van der Waals surface area contributed by atoms with E-state index in [0.29, 0.717) is 25.3 Å². The second-order valence-corrected chi connectivity index (χ2v) is 13.3. The first-order valence-corrected chi connectivity index (χ1v) is 16.1. The van der Waals surface area contributed by atoms with Gasteiger partial charge in [0.15, 0.2) is 9.84 Å². The average Bonchev–Trinajstić information content (AvgIpc) is 3.62. The fraction of sp³-hybridized carbons (Fsp3) is 0.333. The van der Waals surface area contributed by atoms with E-state index in [4.69, 9.17) is 9.84 Å². The summed E-state index contributed by atoms with van der Waals surface area (Å²) in [6.07, 6.45) is 2.50. The third-order valence-electron chi connectivity index (χ3n) is 8.03. The monoisotopic (exact) mass is 569 g/mol. The Bertz CT molecular complexity index is 1650. The molecule has 41 heavy (non-hydrogen) atoms. The first kappa shape index (κ1) is 27.3. The first-order chi connectivity index (χ1) is 19.8. The number of hydrogen-bond acceptors (Lipinski definition) is 5. The van der Waals surface area contributed by atoms with Crippen molar-refractivity contribution in [3.05, 3.63) is 107 Å². The topological polar surface area (TPSA) is 81.5 Å². The number of aromatic nitrogens is 2. The number of sulfone groups is 1. The lowest BCUT2D eigenvalue weighted by Gasteiger charge is -2.27. The van der Waals surface area contributed by atoms with Crippen LogP contribution in [0.3, 0.4) is 0 Å². The molecule has 7 nitrogen and oxygen atoms in total. The third-order valence-corrected chi connectivity index (χ3v) is 9.78. The zero-order valence-electron chi connectivity index (χ0n) is 23.5. The van der Waals surface area contributed by atoms with E-state index in [1.807, 2.05) is 90.7 Å². The van der Waals surface area contributed by atoms with Crippen molar-refractivity contribution in [3.8, 4) is 17.0 Å². The largest absolute Gasteiger partial charge is 0.494 e. The number of unbranched alkanes of at least 4 members (excludes halogenated alkanes) is 1. The zero-order valence-corrected chi connectivity index (χ0v) is 24.3. The Hall–Kier alpha value is -3.91. The van der Waals surface area contributed by atoms with Gasteiger partial charge in [0.1, 0.15) is 11.4 Å². The molecule has 1 saturated heterocycles. The number of rotatable bonds is 9. The number of carbonyl (C=O) groups excluding carboxylic acids is 1. The number of nitrogens with zero attached hydrogens (tertiary/aromatic N) is 3. The smallest absolute Gasteiger partial charge is 0.273 e. The molecule has 3 aromatic carbocycles. The van der Waals surface area contributed by atoms with Crippen LogP contribution < -0.4 is 4.74 Å². The lowest BCUT2D eigenvalue weighted by atomic mass is 9.95. The number of benzene rings is 3. The van der Waals surface area contributed by atoms with Crippen LogP contribution in [0.2, 0.25) is 0 Å². The second-order valence-electron chi connectivity index (χ2n) is 11.1. The minimum atomic E-state index is -3.18. The van der Waals surface area contributed by atoms with Crippen molar-refractivity contribution in [2.75, 3.05) is 18.1 Å². The van der Waals surface area contributed by atoms with E-state index in [1.54, 1.807) is 4.68 Å². The van der Waals surface area contributed by atoms with E-state index >= 15 is 0 Å². The highest BCUT2D eigenvalue weighted by molar-refractivity contribution is 7.91. The van der Waals surface area contributed by atoms with E-state index < -0.39 is 9.84 Å². The van der Waals surface area contributed by atoms with Gasteiger partial charge in [0.05, 0.1) is 35.9 Å². The van der Waals surface area contributed by atoms with Gasteiger partial charge < -0.3 is 9.64 Å². The summed E-state index contributed by atoms with van der Waals surface area (Å²) >= 11 is 0. The number of amides is 1. The number of aryl methyl sites for hydroxylation is 1. The minimum Gasteiger partial charge on any atom is -0.494 e. The maximum absolute atomic E-state index is 14.4. The van der Waals surface area contributed by atoms with Gasteiger partial charge in [0.25, 0.3) is 5.91 Å². The van der Waals surface area contributed by atoms with Crippen molar-refractivity contribution in [2.24, 2.45) is 0 Å². The molecule has 2 aliphatic rings. The summed E-state index contributed by atoms with van der Waals surface area (Å²) in [6.45, 7) is 5.25. The molecular formula is C33H35N3O4S. The highest BCUT2D eigenvalue weighted by Gasteiger charge is 2.46. The highest BCUT2D eigenvalue weighted by Crippen LogP contribution is 2.46. The fourth-order valence-corrected chi connectivity index (χ4v) is 7.55. The van der Waals surface area contributed by atoms with Crippen molar-refractivity contribution in [1.29, 1.82) is 0 Å². The lowest BCUT2D eigenvalue weighted by molar-refractivity contribution is 0.0722. The molecule has 0 spiro atoms. The van der Waals surface area contributed by atoms with Gasteiger partial charge in [-0.3, -0.25) is 9.48 Å². The summed E-state index contributed by atoms with van der Waals surface area (Å²) in [6, 6.07) is 25.3. The van der Waals surface area contributed by atoms with Crippen molar-refractivity contribution in [2.45, 2.75) is 51.7 Å². The molecule has 212 valence electrons. The van der Waals surface area contributed by atoms with Gasteiger partial charge in [-0.05, 0) is 43.0 Å². The van der Waals surface area contributed by atoms with Gasteiger partial charge in [0, 0.05) is 17.7 Å². The normalized spacial score (nSPS) is 19.5. The molecule has 0 saturated carbocycles. The summed E-state index contributed by atoms with van der Waals surface area (Å²) in [4.78, 5) is 16.2. The molecule has 2 unspecified atom stereocenters. The van der Waals surface area contributed by atoms with E-state index in [1.165, 1.54) is 0 Å². The molecule has 2 atom stereocenters. The van der Waals surface area contributed by atoms with E-state index in [0.717, 1.165) is 52.1 Å². The second kappa shape index (κ2) is 11.2. The molecule has 0 bridgehead atoms. The molecular weight excluding hydrogens is 534 g/mol. The Morgan fingerprint density at radius 2 is 1.71 bits per heavy atom. The Morgan fingerprint density at radius 3 is 2.37 bits per heavy atom. The number of fused-ring (bicyclic) bond motifs is 1. The van der Waals surface area contributed by atoms with Gasteiger partial charge in [-0.1, -0.05) is 85.6 Å². The summed E-state index contributed by atoms with van der Waals surface area (Å²) in [5.74, 6) is 0.769. The fourth-order valence-electron chi connectivity index (χ4n) is 5.86. The molecule has 1 amide bonds. The van der Waals surface area contributed by atoms with E-state index in [9.17, 15) is 13.2 Å². The van der Waals surface area contributed by atoms with Crippen LogP contribution in [0.1, 0.15) is 71.0 Å². The van der Waals surface area contributed by atoms with Crippen LogP contribution in [0.15, 0.2) is 78.9 Å². The first-order valence-electron chi connectivity index (χ1n) is 14.3. The van der Waals surface area contributed by atoms with Crippen LogP contribution in [0.4, 0.5) is 0 Å². The van der Waals surface area contributed by atoms with Crippen LogP contribution >= 0.6 is 0 Å². The maximum Gasteiger partial charge on any atom is 0.273 e. The van der Waals surface area contributed by atoms with Gasteiger partial charge in [-0.2, -0.15) is 5.10 Å². The van der Waals surface area contributed by atoms with Crippen molar-refractivity contribution < 1.29 is 17.9 Å². The van der Waals surface area contributed by atoms with Crippen LogP contribution in [0.5, 0.6) is 5.75 Å². The zero-order chi connectivity index (χ0) is 28.6. The molecule has 1 fully saturated rings. The molecule has 4 aromatic rings. The standard InChI is InChI=1S/C33H35N3O4S/c1-3-4-19-40-28-16-14-26(15-17-28)31-29-30(25-12-10-23(2)11-13-25)34-36(27-18-20-41(38,39)22-27)32(29)33(37)35(31)21-24-8-6-5-7-9-24/h5-17,27,31H,3-4,18-22H2,1-2H3. The van der Waals surface area contributed by atoms with Gasteiger partial charge in [-0.15, -0.1) is 0 Å². The SMILES string of the molecule is CCCCOc1ccc(C2c3c(-c4ccc(C)cc4)nn(C4CCS(=O)(=O)C4)c3C(=O)N2Cc2ccccc2)cc1. The molecule has 0 aliphatic carbocycles. The molecule has 6 rings (SSSR count). The Balaban J connectivity index is 1.50. The molecule has 8 heteroatoms. The Labute approximate surface area is 241 Å². The number of ether oxygens (including phenoxy) is 1. The van der Waals surface area contributed by atoms with Crippen LogP contribution in [-0.2, 0) is 16.4 Å². The average molecular weight is 570 g/mol. The predicted octanol–water partition coefficient (Wildman–Crippen LogP) is 6.14. The summed E-state index contributed by atoms with van der Waals surface area (Å²) in [7, 11) is -3.18. The molecule has 0 N–H and O–H groups in total. The van der Waals surface area contributed by atoms with Gasteiger partial charge in [-0.25, -0.2) is 8.42 Å². The minimum absolute atomic E-state index is 0.00507. The predicted molar refractivity (Wildman–Crippen MR) is 160 cm³/mol. The highest BCUT2D eigenvalue weighted by atomic mass is 32.2. The molecule has 2 aliphatic heterocycles. The van der Waals surface area contributed by atoms with Crippen molar-refractivity contribution >= 4 is 15.7 Å². The van der Waals surface area contributed by atoms with Crippen LogP contribution in [0, 0.1) is 6.92 Å². The molecule has 0 radical (unpaired) electrons. The van der Waals surface area contributed by atoms with Crippen LogP contribution in [-0.4, -0.2) is 47.1 Å². The van der Waals surface area contributed by atoms with Crippen LogP contribution in [0.25, 0.3) is 11.3 Å². The van der Waals surface area contributed by atoms with E-state index in [-0.39, 0.29) is 29.5 Å². The Kier molecular flexibility index (Phi) is 7.43. The maximum atomic E-state index is 14.4. The Morgan fingerprint density at radius 1 is 0.976 bits per heavy atom. The summed E-state index contributed by atoms with van der Waals surface area (Å²) < 4.78 is 32.6. The third kappa shape index (κ3) is 5.40. The quantitative estimate of drug-likeness (QED) is 0.226.